The molecule has 0 fully saturated rings. The molecule has 152 valence electrons. The van der Waals surface area contributed by atoms with Crippen molar-refractivity contribution in [1.29, 1.82) is 0 Å². The Morgan fingerprint density at radius 2 is 1.36 bits per heavy atom. The molecule has 0 atom stereocenters. The van der Waals surface area contributed by atoms with Gasteiger partial charge in [-0.25, -0.2) is 4.79 Å². The average molecular weight is 497 g/mol. The number of halogens is 1. The summed E-state index contributed by atoms with van der Waals surface area (Å²) in [6.45, 7) is 0. The third kappa shape index (κ3) is 6.99. The molecule has 0 N–H and O–H groups in total. The van der Waals surface area contributed by atoms with Gasteiger partial charge in [-0.15, -0.1) is 5.11 Å². The molecule has 0 aromatic heterocycles. The van der Waals surface area contributed by atoms with Crippen LogP contribution in [0.4, 0.5) is 27.5 Å². The number of amides is 1. The summed E-state index contributed by atoms with van der Waals surface area (Å²) in [5.41, 5.74) is 3.19. The summed E-state index contributed by atoms with van der Waals surface area (Å²) in [5.74, 6) is 0.364. The highest BCUT2D eigenvalue weighted by Gasteiger charge is 2.12. The lowest BCUT2D eigenvalue weighted by molar-refractivity contribution is 0.172. The summed E-state index contributed by atoms with van der Waals surface area (Å²) in [6, 6.07) is 13.2. The SMILES string of the molecule is CI.CN(C)C(=O)Oc1cc(N(C)C)ccc1N=Nc1ccc(N(C)C)cc1. The fourth-order valence-electron chi connectivity index (χ4n) is 2.06. The first-order valence-electron chi connectivity index (χ1n) is 8.55. The Balaban J connectivity index is 0.00000190. The van der Waals surface area contributed by atoms with Crippen molar-refractivity contribution in [2.75, 3.05) is 57.0 Å². The number of alkyl halides is 1. The number of ether oxygens (including phenoxy) is 1. The summed E-state index contributed by atoms with van der Waals surface area (Å²) in [6.07, 6.45) is -0.465. The number of carbonyl (C=O) groups is 1. The lowest BCUT2D eigenvalue weighted by Crippen LogP contribution is -2.25. The van der Waals surface area contributed by atoms with Gasteiger partial charge < -0.3 is 19.4 Å². The van der Waals surface area contributed by atoms with Crippen molar-refractivity contribution in [2.24, 2.45) is 10.2 Å². The van der Waals surface area contributed by atoms with Gasteiger partial charge >= 0.3 is 6.09 Å². The molecule has 2 aromatic rings. The Hall–Kier alpha value is -2.36. The van der Waals surface area contributed by atoms with E-state index < -0.39 is 6.09 Å². The molecule has 0 spiro atoms. The molecule has 0 aliphatic heterocycles. The summed E-state index contributed by atoms with van der Waals surface area (Å²) in [7, 11) is 11.1. The van der Waals surface area contributed by atoms with Gasteiger partial charge in [-0.3, -0.25) is 0 Å². The Morgan fingerprint density at radius 1 is 0.821 bits per heavy atom. The second-order valence-electron chi connectivity index (χ2n) is 6.42. The predicted molar refractivity (Wildman–Crippen MR) is 125 cm³/mol. The van der Waals surface area contributed by atoms with Gasteiger partial charge in [-0.2, -0.15) is 5.11 Å². The number of carbonyl (C=O) groups excluding carboxylic acids is 1. The van der Waals surface area contributed by atoms with E-state index in [4.69, 9.17) is 4.74 Å². The van der Waals surface area contributed by atoms with Crippen molar-refractivity contribution in [2.45, 2.75) is 0 Å². The summed E-state index contributed by atoms with van der Waals surface area (Å²) >= 11 is 2.15. The van der Waals surface area contributed by atoms with Crippen LogP contribution in [0.15, 0.2) is 52.7 Å². The third-order valence-electron chi connectivity index (χ3n) is 3.66. The van der Waals surface area contributed by atoms with Crippen LogP contribution < -0.4 is 14.5 Å². The van der Waals surface area contributed by atoms with Crippen LogP contribution in [-0.2, 0) is 0 Å². The predicted octanol–water partition coefficient (Wildman–Crippen LogP) is 5.35. The number of hydrogen-bond donors (Lipinski definition) is 0. The van der Waals surface area contributed by atoms with Crippen LogP contribution in [0, 0.1) is 0 Å². The highest BCUT2D eigenvalue weighted by atomic mass is 127. The first kappa shape index (κ1) is 23.7. The molecular formula is C20H28IN5O2. The van der Waals surface area contributed by atoms with Crippen LogP contribution in [0.25, 0.3) is 0 Å². The molecule has 0 aliphatic carbocycles. The number of rotatable bonds is 5. The molecule has 2 rings (SSSR count). The largest absolute Gasteiger partial charge is 0.414 e. The van der Waals surface area contributed by atoms with Crippen LogP contribution in [0.2, 0.25) is 0 Å². The van der Waals surface area contributed by atoms with Crippen LogP contribution in [0.3, 0.4) is 0 Å². The molecule has 7 nitrogen and oxygen atoms in total. The number of hydrogen-bond acceptors (Lipinski definition) is 6. The number of anilines is 2. The molecule has 8 heteroatoms. The van der Waals surface area contributed by atoms with E-state index >= 15 is 0 Å². The molecule has 1 amide bonds. The fourth-order valence-corrected chi connectivity index (χ4v) is 2.06. The standard InChI is InChI=1S/C19H25N5O2.CH3I/c1-22(2)15-9-7-14(8-10-15)20-21-17-12-11-16(23(3)4)13-18(17)26-19(25)24(5)6;1-2/h7-13H,1-6H3;1H3. The maximum absolute atomic E-state index is 11.9. The molecular weight excluding hydrogens is 469 g/mol. The number of benzene rings is 2. The zero-order chi connectivity index (χ0) is 21.3. The quantitative estimate of drug-likeness (QED) is 0.318. The molecule has 0 saturated heterocycles. The summed E-state index contributed by atoms with van der Waals surface area (Å²) in [5, 5.41) is 8.51. The molecule has 0 saturated carbocycles. The van der Waals surface area contributed by atoms with Crippen molar-refractivity contribution in [3.05, 3.63) is 42.5 Å². The minimum atomic E-state index is -0.465. The number of azo groups is 1. The average Bonchev–Trinajstić information content (AvgIpc) is 2.68. The zero-order valence-corrected chi connectivity index (χ0v) is 19.6. The first-order valence-corrected chi connectivity index (χ1v) is 10.7. The topological polar surface area (TPSA) is 60.7 Å². The highest BCUT2D eigenvalue weighted by molar-refractivity contribution is 14.1. The molecule has 0 unspecified atom stereocenters. The van der Waals surface area contributed by atoms with Crippen LogP contribution in [0.5, 0.6) is 5.75 Å². The fraction of sp³-hybridized carbons (Fsp3) is 0.350. The normalized spacial score (nSPS) is 10.1. The molecule has 28 heavy (non-hydrogen) atoms. The Kier molecular flexibility index (Phi) is 9.70. The van der Waals surface area contributed by atoms with Crippen molar-refractivity contribution in [1.82, 2.24) is 4.90 Å². The maximum Gasteiger partial charge on any atom is 0.414 e. The minimum absolute atomic E-state index is 0.364. The third-order valence-corrected chi connectivity index (χ3v) is 3.66. The zero-order valence-electron chi connectivity index (χ0n) is 17.5. The van der Waals surface area contributed by atoms with E-state index in [0.29, 0.717) is 11.4 Å². The van der Waals surface area contributed by atoms with Crippen molar-refractivity contribution in [3.63, 3.8) is 0 Å². The lowest BCUT2D eigenvalue weighted by Gasteiger charge is -2.16. The van der Waals surface area contributed by atoms with Crippen LogP contribution in [-0.4, -0.2) is 58.2 Å². The second kappa shape index (κ2) is 11.5. The Bertz CT molecular complexity index is 790. The van der Waals surface area contributed by atoms with Gasteiger partial charge in [0.1, 0.15) is 5.69 Å². The molecule has 0 aliphatic rings. The maximum atomic E-state index is 11.9. The Labute approximate surface area is 181 Å². The lowest BCUT2D eigenvalue weighted by atomic mass is 10.2. The van der Waals surface area contributed by atoms with E-state index in [1.165, 1.54) is 4.90 Å². The van der Waals surface area contributed by atoms with Gasteiger partial charge in [0, 0.05) is 59.7 Å². The molecule has 2 aromatic carbocycles. The van der Waals surface area contributed by atoms with Crippen molar-refractivity contribution in [3.8, 4) is 5.75 Å². The molecule has 0 bridgehead atoms. The van der Waals surface area contributed by atoms with E-state index in [1.54, 1.807) is 26.2 Å². The highest BCUT2D eigenvalue weighted by Crippen LogP contribution is 2.33. The summed E-state index contributed by atoms with van der Waals surface area (Å²) in [4.78, 5) is 19.2. The van der Waals surface area contributed by atoms with Gasteiger partial charge in [0.25, 0.3) is 0 Å². The smallest absolute Gasteiger partial charge is 0.408 e. The van der Waals surface area contributed by atoms with E-state index in [2.05, 4.69) is 32.8 Å². The van der Waals surface area contributed by atoms with E-state index in [9.17, 15) is 4.79 Å². The molecule has 0 heterocycles. The monoisotopic (exact) mass is 497 g/mol. The first-order chi connectivity index (χ1) is 13.3. The van der Waals surface area contributed by atoms with Gasteiger partial charge in [-0.05, 0) is 41.3 Å². The van der Waals surface area contributed by atoms with Gasteiger partial charge in [0.05, 0.1) is 5.69 Å². The van der Waals surface area contributed by atoms with Crippen molar-refractivity contribution < 1.29 is 9.53 Å². The number of nitrogens with zero attached hydrogens (tertiary/aromatic N) is 5. The Morgan fingerprint density at radius 3 is 1.86 bits per heavy atom. The van der Waals surface area contributed by atoms with Crippen LogP contribution in [0.1, 0.15) is 0 Å². The van der Waals surface area contributed by atoms with E-state index in [0.717, 1.165) is 17.1 Å². The van der Waals surface area contributed by atoms with Crippen molar-refractivity contribution >= 4 is 51.4 Å². The van der Waals surface area contributed by atoms with Gasteiger partial charge in [0.2, 0.25) is 0 Å². The summed E-state index contributed by atoms with van der Waals surface area (Å²) < 4.78 is 5.44. The van der Waals surface area contributed by atoms with Gasteiger partial charge in [-0.1, -0.05) is 22.6 Å². The minimum Gasteiger partial charge on any atom is -0.408 e. The van der Waals surface area contributed by atoms with E-state index in [-0.39, 0.29) is 0 Å². The van der Waals surface area contributed by atoms with E-state index in [1.807, 2.05) is 73.3 Å². The molecule has 0 radical (unpaired) electrons. The second-order valence-corrected chi connectivity index (χ2v) is 6.42. The van der Waals surface area contributed by atoms with Gasteiger partial charge in [0.15, 0.2) is 5.75 Å². The van der Waals surface area contributed by atoms with Crippen LogP contribution >= 0.6 is 22.6 Å².